The van der Waals surface area contributed by atoms with Crippen molar-refractivity contribution in [3.63, 3.8) is 0 Å². The molecule has 0 bridgehead atoms. The number of hydrogen-bond acceptors (Lipinski definition) is 6. The highest BCUT2D eigenvalue weighted by Crippen LogP contribution is 2.36. The zero-order chi connectivity index (χ0) is 27.9. The molecule has 0 spiro atoms. The third kappa shape index (κ3) is 7.39. The number of hydrazone groups is 1. The van der Waals surface area contributed by atoms with Crippen molar-refractivity contribution in [1.82, 2.24) is 0 Å². The Bertz CT molecular complexity index is 1360. The second kappa shape index (κ2) is 12.7. The molecule has 200 valence electrons. The molecule has 0 unspecified atom stereocenters. The summed E-state index contributed by atoms with van der Waals surface area (Å²) in [5.74, 6) is 0.889. The Morgan fingerprint density at radius 2 is 1.87 bits per heavy atom. The van der Waals surface area contributed by atoms with Crippen molar-refractivity contribution < 1.29 is 27.6 Å². The van der Waals surface area contributed by atoms with E-state index in [0.29, 0.717) is 46.2 Å². The molecule has 38 heavy (non-hydrogen) atoms. The summed E-state index contributed by atoms with van der Waals surface area (Å²) in [6.07, 6.45) is -1.26. The van der Waals surface area contributed by atoms with Crippen LogP contribution in [0.1, 0.15) is 29.2 Å². The zero-order valence-electron chi connectivity index (χ0n) is 20.0. The summed E-state index contributed by atoms with van der Waals surface area (Å²) in [6, 6.07) is 10.6. The van der Waals surface area contributed by atoms with Gasteiger partial charge in [0.15, 0.2) is 11.5 Å². The largest absolute Gasteiger partial charge is 0.490 e. The smallest absolute Gasteiger partial charge is 0.416 e. The molecule has 0 saturated carbocycles. The lowest BCUT2D eigenvalue weighted by Gasteiger charge is -2.17. The second-order valence-corrected chi connectivity index (χ2v) is 8.66. The van der Waals surface area contributed by atoms with Crippen molar-refractivity contribution in [3.8, 4) is 11.5 Å². The topological polar surface area (TPSA) is 86.0 Å². The molecule has 12 heteroatoms. The van der Waals surface area contributed by atoms with Crippen LogP contribution in [0.15, 0.2) is 66.3 Å². The van der Waals surface area contributed by atoms with Gasteiger partial charge in [-0.2, -0.15) is 18.3 Å². The molecule has 0 aliphatic heterocycles. The SMILES string of the molecule is C=CCc1cc(/C=N\Nc2ccc(C(F)(F)F)cc2[N+](=O)[O-])cc(OCC)c1OCc1ccc(Cl)cc1Cl. The lowest BCUT2D eigenvalue weighted by molar-refractivity contribution is -0.384. The van der Waals surface area contributed by atoms with E-state index in [9.17, 15) is 23.3 Å². The Labute approximate surface area is 226 Å². The zero-order valence-corrected chi connectivity index (χ0v) is 21.5. The molecule has 0 saturated heterocycles. The Balaban J connectivity index is 1.89. The van der Waals surface area contributed by atoms with Gasteiger partial charge in [-0.25, -0.2) is 0 Å². The third-order valence-corrected chi connectivity index (χ3v) is 5.71. The maximum atomic E-state index is 12.9. The summed E-state index contributed by atoms with van der Waals surface area (Å²) in [4.78, 5) is 10.4. The Morgan fingerprint density at radius 1 is 1.11 bits per heavy atom. The monoisotopic (exact) mass is 567 g/mol. The van der Waals surface area contributed by atoms with Crippen LogP contribution in [0, 0.1) is 10.1 Å². The van der Waals surface area contributed by atoms with Gasteiger partial charge in [0.1, 0.15) is 12.3 Å². The van der Waals surface area contributed by atoms with Crippen molar-refractivity contribution in [2.45, 2.75) is 26.1 Å². The van der Waals surface area contributed by atoms with Gasteiger partial charge >= 0.3 is 6.18 Å². The number of benzene rings is 3. The van der Waals surface area contributed by atoms with Gasteiger partial charge in [-0.3, -0.25) is 15.5 Å². The number of hydrogen-bond donors (Lipinski definition) is 1. The predicted octanol–water partition coefficient (Wildman–Crippen LogP) is 8.07. The molecular weight excluding hydrogens is 546 g/mol. The van der Waals surface area contributed by atoms with Gasteiger partial charge in [0.2, 0.25) is 0 Å². The van der Waals surface area contributed by atoms with Gasteiger partial charge in [0.25, 0.3) is 5.69 Å². The molecule has 3 rings (SSSR count). The normalized spacial score (nSPS) is 11.4. The highest BCUT2D eigenvalue weighted by molar-refractivity contribution is 6.35. The molecule has 3 aromatic carbocycles. The number of anilines is 1. The lowest BCUT2D eigenvalue weighted by atomic mass is 10.1. The van der Waals surface area contributed by atoms with E-state index in [1.807, 2.05) is 0 Å². The van der Waals surface area contributed by atoms with Crippen LogP contribution < -0.4 is 14.9 Å². The van der Waals surface area contributed by atoms with Gasteiger partial charge in [-0.15, -0.1) is 6.58 Å². The number of alkyl halides is 3. The van der Waals surface area contributed by atoms with Gasteiger partial charge in [0, 0.05) is 27.2 Å². The number of nitro groups is 1. The molecule has 1 N–H and O–H groups in total. The summed E-state index contributed by atoms with van der Waals surface area (Å²) in [5.41, 5.74) is 2.33. The summed E-state index contributed by atoms with van der Waals surface area (Å²) in [5, 5.41) is 16.2. The fourth-order valence-electron chi connectivity index (χ4n) is 3.41. The number of rotatable bonds is 11. The minimum Gasteiger partial charge on any atom is -0.490 e. The number of allylic oxidation sites excluding steroid dienone is 1. The van der Waals surface area contributed by atoms with E-state index in [0.717, 1.165) is 23.3 Å². The van der Waals surface area contributed by atoms with Crippen LogP contribution in [0.4, 0.5) is 24.5 Å². The lowest BCUT2D eigenvalue weighted by Crippen LogP contribution is -2.07. The molecule has 0 aliphatic carbocycles. The average molecular weight is 568 g/mol. The molecule has 0 radical (unpaired) electrons. The number of nitrogens with zero attached hydrogens (tertiary/aromatic N) is 2. The van der Waals surface area contributed by atoms with Gasteiger partial charge in [0.05, 0.1) is 23.3 Å². The minimum atomic E-state index is -4.72. The van der Waals surface area contributed by atoms with E-state index < -0.39 is 22.4 Å². The van der Waals surface area contributed by atoms with Crippen molar-refractivity contribution in [2.24, 2.45) is 5.10 Å². The molecular formula is C26H22Cl2F3N3O4. The van der Waals surface area contributed by atoms with Crippen LogP contribution in [0.3, 0.4) is 0 Å². The maximum Gasteiger partial charge on any atom is 0.416 e. The summed E-state index contributed by atoms with van der Waals surface area (Å²) >= 11 is 12.2. The first-order chi connectivity index (χ1) is 18.0. The summed E-state index contributed by atoms with van der Waals surface area (Å²) < 4.78 is 50.7. The summed E-state index contributed by atoms with van der Waals surface area (Å²) in [6.45, 7) is 6.06. The fraction of sp³-hybridized carbons (Fsp3) is 0.192. The Morgan fingerprint density at radius 3 is 2.50 bits per heavy atom. The molecule has 3 aromatic rings. The van der Waals surface area contributed by atoms with Crippen LogP contribution in [0.25, 0.3) is 0 Å². The van der Waals surface area contributed by atoms with E-state index >= 15 is 0 Å². The van der Waals surface area contributed by atoms with Crippen LogP contribution >= 0.6 is 23.2 Å². The molecule has 0 fully saturated rings. The Kier molecular flexibility index (Phi) is 9.60. The molecule has 0 atom stereocenters. The molecule has 0 amide bonds. The molecule has 0 aliphatic rings. The van der Waals surface area contributed by atoms with Crippen LogP contribution in [-0.2, 0) is 19.2 Å². The second-order valence-electron chi connectivity index (χ2n) is 7.81. The van der Waals surface area contributed by atoms with Crippen LogP contribution in [-0.4, -0.2) is 17.7 Å². The molecule has 7 nitrogen and oxygen atoms in total. The van der Waals surface area contributed by atoms with E-state index in [2.05, 4.69) is 17.1 Å². The number of halogens is 5. The average Bonchev–Trinajstić information content (AvgIpc) is 2.84. The van der Waals surface area contributed by atoms with Crippen molar-refractivity contribution >= 4 is 40.8 Å². The van der Waals surface area contributed by atoms with E-state index in [1.54, 1.807) is 43.3 Å². The first kappa shape index (κ1) is 28.8. The van der Waals surface area contributed by atoms with E-state index in [4.69, 9.17) is 32.7 Å². The van der Waals surface area contributed by atoms with Crippen molar-refractivity contribution in [2.75, 3.05) is 12.0 Å². The maximum absolute atomic E-state index is 12.9. The third-order valence-electron chi connectivity index (χ3n) is 5.13. The number of nitrogens with one attached hydrogen (secondary N) is 1. The van der Waals surface area contributed by atoms with Gasteiger partial charge < -0.3 is 9.47 Å². The quantitative estimate of drug-likeness (QED) is 0.109. The van der Waals surface area contributed by atoms with Crippen LogP contribution in [0.2, 0.25) is 10.0 Å². The summed E-state index contributed by atoms with van der Waals surface area (Å²) in [7, 11) is 0. The van der Waals surface area contributed by atoms with Crippen molar-refractivity contribution in [1.29, 1.82) is 0 Å². The standard InChI is InChI=1S/C26H22Cl2F3N3O4/c1-3-5-17-10-16(14-32-33-22-9-7-19(26(29,30)31)12-23(22)34(35)36)11-24(37-4-2)25(17)38-15-18-6-8-20(27)13-21(18)28/h3,6-14,33H,1,4-5,15H2,2H3/b32-14-. The van der Waals surface area contributed by atoms with Gasteiger partial charge in [-0.05, 0) is 55.3 Å². The van der Waals surface area contributed by atoms with E-state index in [1.165, 1.54) is 6.21 Å². The number of nitro benzene ring substituents is 1. The minimum absolute atomic E-state index is 0.146. The highest BCUT2D eigenvalue weighted by atomic mass is 35.5. The first-order valence-corrected chi connectivity index (χ1v) is 11.9. The fourth-order valence-corrected chi connectivity index (χ4v) is 3.87. The van der Waals surface area contributed by atoms with Gasteiger partial charge in [-0.1, -0.05) is 35.3 Å². The van der Waals surface area contributed by atoms with E-state index in [-0.39, 0.29) is 12.3 Å². The van der Waals surface area contributed by atoms with Crippen LogP contribution in [0.5, 0.6) is 11.5 Å². The van der Waals surface area contributed by atoms with Crippen molar-refractivity contribution in [3.05, 3.63) is 104 Å². The molecule has 0 aromatic heterocycles. The highest BCUT2D eigenvalue weighted by Gasteiger charge is 2.33. The number of ether oxygens (including phenoxy) is 2. The Hall–Kier alpha value is -3.76. The predicted molar refractivity (Wildman–Crippen MR) is 142 cm³/mol. The molecule has 0 heterocycles. The first-order valence-electron chi connectivity index (χ1n) is 11.2.